The predicted octanol–water partition coefficient (Wildman–Crippen LogP) is 1.66. The molecule has 0 saturated carbocycles. The zero-order valence-electron chi connectivity index (χ0n) is 13.1. The van der Waals surface area contributed by atoms with Crippen molar-refractivity contribution < 1.29 is 4.79 Å². The summed E-state index contributed by atoms with van der Waals surface area (Å²) in [5.74, 6) is -0.440. The van der Waals surface area contributed by atoms with Gasteiger partial charge in [0.2, 0.25) is 0 Å². The van der Waals surface area contributed by atoms with E-state index in [0.717, 1.165) is 42.6 Å². The van der Waals surface area contributed by atoms with E-state index in [1.807, 2.05) is 19.9 Å². The van der Waals surface area contributed by atoms with Gasteiger partial charge in [-0.15, -0.1) is 0 Å². The summed E-state index contributed by atoms with van der Waals surface area (Å²) < 4.78 is 1.69. The highest BCUT2D eigenvalue weighted by molar-refractivity contribution is 5.93. The van der Waals surface area contributed by atoms with Gasteiger partial charge in [0, 0.05) is 11.6 Å². The molecule has 2 aromatic rings. The summed E-state index contributed by atoms with van der Waals surface area (Å²) in [4.78, 5) is 11.8. The maximum atomic E-state index is 11.8. The van der Waals surface area contributed by atoms with Crippen molar-refractivity contribution in [2.24, 2.45) is 11.5 Å². The van der Waals surface area contributed by atoms with Crippen LogP contribution in [0.5, 0.6) is 0 Å². The SMILES string of the molecule is CCc1nn(-c2ccc3c(c2)CC[C@H](N)C3)c(C(N)=O)c1C. The molecule has 0 radical (unpaired) electrons. The molecule has 1 aliphatic rings. The first kappa shape index (κ1) is 14.8. The highest BCUT2D eigenvalue weighted by atomic mass is 16.1. The first-order valence-electron chi connectivity index (χ1n) is 7.77. The minimum absolute atomic E-state index is 0.248. The molecule has 1 aromatic heterocycles. The molecule has 0 spiro atoms. The van der Waals surface area contributed by atoms with Crippen molar-refractivity contribution in [3.63, 3.8) is 0 Å². The van der Waals surface area contributed by atoms with Crippen molar-refractivity contribution in [2.45, 2.75) is 45.6 Å². The Kier molecular flexibility index (Phi) is 3.74. The molecule has 5 nitrogen and oxygen atoms in total. The average Bonchev–Trinajstić information content (AvgIpc) is 2.83. The fourth-order valence-corrected chi connectivity index (χ4v) is 3.25. The summed E-state index contributed by atoms with van der Waals surface area (Å²) in [7, 11) is 0. The van der Waals surface area contributed by atoms with E-state index in [1.54, 1.807) is 4.68 Å². The molecule has 1 heterocycles. The highest BCUT2D eigenvalue weighted by Gasteiger charge is 2.21. The summed E-state index contributed by atoms with van der Waals surface area (Å²) >= 11 is 0. The van der Waals surface area contributed by atoms with Crippen LogP contribution in [0.3, 0.4) is 0 Å². The molecule has 0 saturated heterocycles. The molecule has 22 heavy (non-hydrogen) atoms. The number of fused-ring (bicyclic) bond motifs is 1. The van der Waals surface area contributed by atoms with Gasteiger partial charge in [0.1, 0.15) is 5.69 Å². The van der Waals surface area contributed by atoms with Crippen molar-refractivity contribution >= 4 is 5.91 Å². The molecule has 5 heteroatoms. The quantitative estimate of drug-likeness (QED) is 0.903. The lowest BCUT2D eigenvalue weighted by Crippen LogP contribution is -2.28. The maximum Gasteiger partial charge on any atom is 0.267 e. The lowest BCUT2D eigenvalue weighted by Gasteiger charge is -2.22. The third-order valence-electron chi connectivity index (χ3n) is 4.49. The Morgan fingerprint density at radius 2 is 2.18 bits per heavy atom. The smallest absolute Gasteiger partial charge is 0.267 e. The fourth-order valence-electron chi connectivity index (χ4n) is 3.25. The number of nitrogens with two attached hydrogens (primary N) is 2. The number of carbonyl (C=O) groups excluding carboxylic acids is 1. The zero-order valence-corrected chi connectivity index (χ0v) is 13.1. The summed E-state index contributed by atoms with van der Waals surface area (Å²) in [5, 5.41) is 4.57. The summed E-state index contributed by atoms with van der Waals surface area (Å²) in [5.41, 5.74) is 17.3. The molecule has 0 aliphatic heterocycles. The van der Waals surface area contributed by atoms with Gasteiger partial charge in [-0.2, -0.15) is 5.10 Å². The van der Waals surface area contributed by atoms with E-state index in [4.69, 9.17) is 11.5 Å². The first-order valence-corrected chi connectivity index (χ1v) is 7.77. The van der Waals surface area contributed by atoms with Gasteiger partial charge >= 0.3 is 0 Å². The minimum Gasteiger partial charge on any atom is -0.364 e. The van der Waals surface area contributed by atoms with E-state index in [1.165, 1.54) is 11.1 Å². The number of hydrogen-bond acceptors (Lipinski definition) is 3. The van der Waals surface area contributed by atoms with Crippen LogP contribution in [0.2, 0.25) is 0 Å². The van der Waals surface area contributed by atoms with Crippen LogP contribution < -0.4 is 11.5 Å². The molecular weight excluding hydrogens is 276 g/mol. The lowest BCUT2D eigenvalue weighted by molar-refractivity contribution is 0.0992. The van der Waals surface area contributed by atoms with Crippen molar-refractivity contribution in [1.82, 2.24) is 9.78 Å². The van der Waals surface area contributed by atoms with Gasteiger partial charge in [-0.1, -0.05) is 13.0 Å². The van der Waals surface area contributed by atoms with Crippen molar-refractivity contribution in [3.8, 4) is 5.69 Å². The van der Waals surface area contributed by atoms with E-state index in [0.29, 0.717) is 5.69 Å². The van der Waals surface area contributed by atoms with Crippen LogP contribution in [0, 0.1) is 6.92 Å². The van der Waals surface area contributed by atoms with Crippen molar-refractivity contribution in [3.05, 3.63) is 46.3 Å². The average molecular weight is 298 g/mol. The van der Waals surface area contributed by atoms with Gasteiger partial charge in [-0.05, 0) is 55.9 Å². The van der Waals surface area contributed by atoms with Gasteiger partial charge in [0.25, 0.3) is 5.91 Å². The number of benzene rings is 1. The maximum absolute atomic E-state index is 11.8. The molecule has 0 bridgehead atoms. The van der Waals surface area contributed by atoms with Gasteiger partial charge in [-0.25, -0.2) is 4.68 Å². The normalized spacial score (nSPS) is 17.3. The van der Waals surface area contributed by atoms with E-state index in [2.05, 4.69) is 17.2 Å². The number of amides is 1. The molecule has 3 rings (SSSR count). The van der Waals surface area contributed by atoms with E-state index < -0.39 is 5.91 Å². The molecule has 1 amide bonds. The monoisotopic (exact) mass is 298 g/mol. The van der Waals surface area contributed by atoms with Crippen LogP contribution >= 0.6 is 0 Å². The van der Waals surface area contributed by atoms with Crippen LogP contribution in [0.15, 0.2) is 18.2 Å². The van der Waals surface area contributed by atoms with Gasteiger partial charge in [-0.3, -0.25) is 4.79 Å². The number of primary amides is 1. The standard InChI is InChI=1S/C17H22N4O/c1-3-15-10(2)16(17(19)22)21(20-15)14-7-5-11-8-13(18)6-4-12(11)9-14/h5,7,9,13H,3-4,6,8,18H2,1-2H3,(H2,19,22)/t13-/m0/s1. The third-order valence-corrected chi connectivity index (χ3v) is 4.49. The highest BCUT2D eigenvalue weighted by Crippen LogP contribution is 2.25. The van der Waals surface area contributed by atoms with E-state index in [9.17, 15) is 4.79 Å². The second-order valence-electron chi connectivity index (χ2n) is 6.01. The van der Waals surface area contributed by atoms with Crippen molar-refractivity contribution in [1.29, 1.82) is 0 Å². The van der Waals surface area contributed by atoms with E-state index >= 15 is 0 Å². The van der Waals surface area contributed by atoms with Gasteiger partial charge in [0.05, 0.1) is 11.4 Å². The largest absolute Gasteiger partial charge is 0.364 e. The van der Waals surface area contributed by atoms with Crippen LogP contribution in [-0.2, 0) is 19.3 Å². The second kappa shape index (κ2) is 5.57. The van der Waals surface area contributed by atoms with Crippen LogP contribution in [0.25, 0.3) is 5.69 Å². The number of hydrogen-bond donors (Lipinski definition) is 2. The van der Waals surface area contributed by atoms with Gasteiger partial charge < -0.3 is 11.5 Å². The first-order chi connectivity index (χ1) is 10.5. The topological polar surface area (TPSA) is 86.9 Å². The molecule has 116 valence electrons. The molecule has 1 aromatic carbocycles. The summed E-state index contributed by atoms with van der Waals surface area (Å²) in [6.45, 7) is 3.93. The number of nitrogens with zero attached hydrogens (tertiary/aromatic N) is 2. The van der Waals surface area contributed by atoms with Crippen LogP contribution in [-0.4, -0.2) is 21.7 Å². The molecule has 1 atom stereocenters. The number of carbonyl (C=O) groups is 1. The zero-order chi connectivity index (χ0) is 15.9. The number of rotatable bonds is 3. The number of aryl methyl sites for hydroxylation is 2. The molecule has 0 unspecified atom stereocenters. The fraction of sp³-hybridized carbons (Fsp3) is 0.412. The third kappa shape index (κ3) is 2.41. The Balaban J connectivity index is 2.10. The molecular formula is C17H22N4O. The predicted molar refractivity (Wildman–Crippen MR) is 86.2 cm³/mol. The Bertz CT molecular complexity index is 733. The summed E-state index contributed by atoms with van der Waals surface area (Å²) in [6.07, 6.45) is 3.66. The van der Waals surface area contributed by atoms with Crippen LogP contribution in [0.4, 0.5) is 0 Å². The molecule has 1 aliphatic carbocycles. The second-order valence-corrected chi connectivity index (χ2v) is 6.01. The minimum atomic E-state index is -0.440. The van der Waals surface area contributed by atoms with Crippen molar-refractivity contribution in [2.75, 3.05) is 0 Å². The Morgan fingerprint density at radius 1 is 1.41 bits per heavy atom. The Morgan fingerprint density at radius 3 is 2.86 bits per heavy atom. The van der Waals surface area contributed by atoms with Gasteiger partial charge in [0.15, 0.2) is 0 Å². The van der Waals surface area contributed by atoms with Crippen LogP contribution in [0.1, 0.15) is 46.2 Å². The molecule has 0 fully saturated rings. The van der Waals surface area contributed by atoms with E-state index in [-0.39, 0.29) is 6.04 Å². The summed E-state index contributed by atoms with van der Waals surface area (Å²) in [6, 6.07) is 6.45. The lowest BCUT2D eigenvalue weighted by atomic mass is 9.88. The Labute approximate surface area is 130 Å². The molecule has 4 N–H and O–H groups in total. The number of aromatic nitrogens is 2. The Hall–Kier alpha value is -2.14.